The molecule has 0 saturated carbocycles. The lowest BCUT2D eigenvalue weighted by molar-refractivity contribution is -0.143. The first-order valence-corrected chi connectivity index (χ1v) is 10.8. The van der Waals surface area contributed by atoms with Crippen molar-refractivity contribution in [2.24, 2.45) is 17.6 Å². The molecule has 0 radical (unpaired) electrons. The summed E-state index contributed by atoms with van der Waals surface area (Å²) in [6, 6.07) is -6.83. The molecule has 6 atom stereocenters. The number of aliphatic hydroxyl groups is 3. The van der Waals surface area contributed by atoms with E-state index in [2.05, 4.69) is 16.0 Å². The zero-order chi connectivity index (χ0) is 26.7. The standard InChI is InChI=1S/C20H37N5O9/c1-8(2)13(21)17(30)25-15(10(5)28)19(32)24-14(9(3)4)18(31)22-11(6-26)16(29)23-12(7-27)20(33)34/h8-15,26-28H,6-7,21H2,1-5H3,(H,22,31)(H,23,29)(H,24,32)(H,25,30)(H,33,34)/t10-,11+,12+,13+,14+,15+/m1/s1. The third kappa shape index (κ3) is 9.59. The molecular formula is C20H37N5O9. The van der Waals surface area contributed by atoms with Gasteiger partial charge in [0.25, 0.3) is 0 Å². The predicted molar refractivity (Wildman–Crippen MR) is 119 cm³/mol. The lowest BCUT2D eigenvalue weighted by Gasteiger charge is -2.28. The van der Waals surface area contributed by atoms with Gasteiger partial charge in [-0.2, -0.15) is 0 Å². The van der Waals surface area contributed by atoms with Gasteiger partial charge in [-0.25, -0.2) is 4.79 Å². The van der Waals surface area contributed by atoms with Crippen LogP contribution in [0.2, 0.25) is 0 Å². The van der Waals surface area contributed by atoms with E-state index in [4.69, 9.17) is 15.9 Å². The fraction of sp³-hybridized carbons (Fsp3) is 0.750. The number of nitrogens with one attached hydrogen (secondary N) is 4. The normalized spacial score (nSPS) is 16.6. The van der Waals surface area contributed by atoms with Gasteiger partial charge in [0.05, 0.1) is 25.4 Å². The van der Waals surface area contributed by atoms with E-state index in [0.29, 0.717) is 0 Å². The average Bonchev–Trinajstić information content (AvgIpc) is 2.75. The Morgan fingerprint density at radius 2 is 1.12 bits per heavy atom. The Kier molecular flexibility index (Phi) is 13.3. The molecule has 196 valence electrons. The Hall–Kier alpha value is -2.81. The Bertz CT molecular complexity index is 729. The number of nitrogens with two attached hydrogens (primary N) is 1. The Labute approximate surface area is 197 Å². The summed E-state index contributed by atoms with van der Waals surface area (Å²) < 4.78 is 0. The van der Waals surface area contributed by atoms with Crippen molar-refractivity contribution in [2.45, 2.75) is 70.9 Å². The summed E-state index contributed by atoms with van der Waals surface area (Å²) in [6.07, 6.45) is -1.33. The SMILES string of the molecule is CC(C)[C@H](N)C(=O)N[C@H](C(=O)N[C@H](C(=O)N[C@@H](CO)C(=O)N[C@@H](CO)C(=O)O)C(C)C)[C@@H](C)O. The van der Waals surface area contributed by atoms with Gasteiger partial charge in [-0.15, -0.1) is 0 Å². The van der Waals surface area contributed by atoms with Gasteiger partial charge in [0, 0.05) is 0 Å². The first kappa shape index (κ1) is 31.2. The lowest BCUT2D eigenvalue weighted by Crippen LogP contribution is -2.62. The number of aliphatic carboxylic acids is 1. The van der Waals surface area contributed by atoms with Gasteiger partial charge in [0.1, 0.15) is 24.2 Å². The third-order valence-electron chi connectivity index (χ3n) is 4.94. The summed E-state index contributed by atoms with van der Waals surface area (Å²) >= 11 is 0. The first-order chi connectivity index (χ1) is 15.7. The molecule has 0 aliphatic rings. The van der Waals surface area contributed by atoms with E-state index in [1.54, 1.807) is 27.7 Å². The maximum absolute atomic E-state index is 12.8. The smallest absolute Gasteiger partial charge is 0.328 e. The number of hydrogen-bond donors (Lipinski definition) is 9. The summed E-state index contributed by atoms with van der Waals surface area (Å²) in [7, 11) is 0. The van der Waals surface area contributed by atoms with Crippen LogP contribution in [0.5, 0.6) is 0 Å². The van der Waals surface area contributed by atoms with Gasteiger partial charge in [0.15, 0.2) is 0 Å². The quantitative estimate of drug-likeness (QED) is 0.114. The number of rotatable bonds is 14. The monoisotopic (exact) mass is 491 g/mol. The second kappa shape index (κ2) is 14.5. The molecule has 0 aromatic heterocycles. The summed E-state index contributed by atoms with van der Waals surface area (Å²) in [5.41, 5.74) is 5.76. The topological polar surface area (TPSA) is 240 Å². The molecule has 0 heterocycles. The minimum Gasteiger partial charge on any atom is -0.480 e. The molecule has 0 spiro atoms. The van der Waals surface area contributed by atoms with Gasteiger partial charge < -0.3 is 47.4 Å². The largest absolute Gasteiger partial charge is 0.480 e. The molecule has 0 fully saturated rings. The highest BCUT2D eigenvalue weighted by atomic mass is 16.4. The molecule has 34 heavy (non-hydrogen) atoms. The number of amides is 4. The van der Waals surface area contributed by atoms with Crippen molar-refractivity contribution in [2.75, 3.05) is 13.2 Å². The maximum Gasteiger partial charge on any atom is 0.328 e. The van der Waals surface area contributed by atoms with Crippen LogP contribution in [-0.2, 0) is 24.0 Å². The van der Waals surface area contributed by atoms with E-state index in [9.17, 15) is 34.2 Å². The zero-order valence-corrected chi connectivity index (χ0v) is 19.9. The Morgan fingerprint density at radius 3 is 1.50 bits per heavy atom. The highest BCUT2D eigenvalue weighted by Crippen LogP contribution is 2.06. The molecule has 0 rings (SSSR count). The van der Waals surface area contributed by atoms with Crippen LogP contribution >= 0.6 is 0 Å². The Morgan fingerprint density at radius 1 is 0.676 bits per heavy atom. The van der Waals surface area contributed by atoms with Gasteiger partial charge in [-0.05, 0) is 18.8 Å². The van der Waals surface area contributed by atoms with Crippen LogP contribution in [-0.4, -0.2) is 99.6 Å². The van der Waals surface area contributed by atoms with Crippen LogP contribution in [0.1, 0.15) is 34.6 Å². The van der Waals surface area contributed by atoms with E-state index < -0.39 is 85.0 Å². The molecule has 0 aliphatic heterocycles. The van der Waals surface area contributed by atoms with Crippen molar-refractivity contribution in [3.05, 3.63) is 0 Å². The number of hydrogen-bond acceptors (Lipinski definition) is 9. The highest BCUT2D eigenvalue weighted by molar-refractivity contribution is 5.95. The fourth-order valence-corrected chi connectivity index (χ4v) is 2.65. The van der Waals surface area contributed by atoms with Crippen LogP contribution in [0, 0.1) is 11.8 Å². The number of aliphatic hydroxyl groups excluding tert-OH is 3. The Balaban J connectivity index is 5.44. The fourth-order valence-electron chi connectivity index (χ4n) is 2.65. The van der Waals surface area contributed by atoms with Gasteiger partial charge in [-0.1, -0.05) is 27.7 Å². The number of carboxylic acids is 1. The highest BCUT2D eigenvalue weighted by Gasteiger charge is 2.34. The van der Waals surface area contributed by atoms with Crippen LogP contribution in [0.15, 0.2) is 0 Å². The van der Waals surface area contributed by atoms with E-state index in [1.807, 2.05) is 5.32 Å². The molecule has 0 aromatic carbocycles. The molecule has 0 bridgehead atoms. The summed E-state index contributed by atoms with van der Waals surface area (Å²) in [4.78, 5) is 60.9. The molecule has 14 nitrogen and oxygen atoms in total. The van der Waals surface area contributed by atoms with Crippen LogP contribution in [0.25, 0.3) is 0 Å². The van der Waals surface area contributed by atoms with Crippen LogP contribution < -0.4 is 27.0 Å². The van der Waals surface area contributed by atoms with Crippen molar-refractivity contribution in [3.8, 4) is 0 Å². The summed E-state index contributed by atoms with van der Waals surface area (Å²) in [5, 5.41) is 46.3. The van der Waals surface area contributed by atoms with Crippen molar-refractivity contribution >= 4 is 29.6 Å². The zero-order valence-electron chi connectivity index (χ0n) is 19.9. The van der Waals surface area contributed by atoms with Crippen LogP contribution in [0.3, 0.4) is 0 Å². The van der Waals surface area contributed by atoms with E-state index in [0.717, 1.165) is 0 Å². The van der Waals surface area contributed by atoms with Crippen molar-refractivity contribution < 1.29 is 44.4 Å². The second-order valence-corrected chi connectivity index (χ2v) is 8.55. The minimum absolute atomic E-state index is 0.236. The average molecular weight is 492 g/mol. The lowest BCUT2D eigenvalue weighted by atomic mass is 10.0. The molecule has 0 aromatic rings. The van der Waals surface area contributed by atoms with Gasteiger partial charge in [0.2, 0.25) is 23.6 Å². The number of carbonyl (C=O) groups is 5. The van der Waals surface area contributed by atoms with Crippen molar-refractivity contribution in [1.82, 2.24) is 21.3 Å². The maximum atomic E-state index is 12.8. The van der Waals surface area contributed by atoms with Crippen molar-refractivity contribution in [3.63, 3.8) is 0 Å². The third-order valence-corrected chi connectivity index (χ3v) is 4.94. The molecule has 0 saturated heterocycles. The van der Waals surface area contributed by atoms with Crippen molar-refractivity contribution in [1.29, 1.82) is 0 Å². The molecule has 10 N–H and O–H groups in total. The number of carbonyl (C=O) groups excluding carboxylic acids is 4. The minimum atomic E-state index is -1.65. The summed E-state index contributed by atoms with van der Waals surface area (Å²) in [5.74, 6) is -5.79. The van der Waals surface area contributed by atoms with E-state index in [1.165, 1.54) is 6.92 Å². The molecule has 4 amide bonds. The second-order valence-electron chi connectivity index (χ2n) is 8.55. The molecule has 0 unspecified atom stereocenters. The molecular weight excluding hydrogens is 454 g/mol. The molecule has 0 aliphatic carbocycles. The number of carboxylic acid groups (broad SMARTS) is 1. The predicted octanol–water partition coefficient (Wildman–Crippen LogP) is -3.99. The van der Waals surface area contributed by atoms with Crippen LogP contribution in [0.4, 0.5) is 0 Å². The van der Waals surface area contributed by atoms with Gasteiger partial charge in [-0.3, -0.25) is 19.2 Å². The summed E-state index contributed by atoms with van der Waals surface area (Å²) in [6.45, 7) is 6.02. The van der Waals surface area contributed by atoms with E-state index in [-0.39, 0.29) is 5.92 Å². The molecule has 14 heteroatoms. The van der Waals surface area contributed by atoms with E-state index >= 15 is 0 Å². The first-order valence-electron chi connectivity index (χ1n) is 10.8. The van der Waals surface area contributed by atoms with Gasteiger partial charge >= 0.3 is 5.97 Å².